The summed E-state index contributed by atoms with van der Waals surface area (Å²) in [6.45, 7) is 18.2. The molecule has 0 amide bonds. The molecule has 0 aliphatic carbocycles. The van der Waals surface area contributed by atoms with Gasteiger partial charge in [0.2, 0.25) is 5.88 Å². The van der Waals surface area contributed by atoms with Crippen LogP contribution < -0.4 is 5.30 Å². The van der Waals surface area contributed by atoms with Gasteiger partial charge in [-0.3, -0.25) is 9.58 Å². The van der Waals surface area contributed by atoms with Gasteiger partial charge in [-0.2, -0.15) is 5.10 Å². The number of allylic oxidation sites excluding steroid dienone is 4. The molecule has 6 nitrogen and oxygen atoms in total. The Kier molecular flexibility index (Phi) is 8.66. The number of hydrogen-bond donors (Lipinski definition) is 1. The molecule has 39 heavy (non-hydrogen) atoms. The number of aliphatic imine (C=N–C) groups is 1. The van der Waals surface area contributed by atoms with Crippen LogP contribution in [0, 0.1) is 11.7 Å². The normalized spacial score (nSPS) is 18.4. The van der Waals surface area contributed by atoms with E-state index in [0.29, 0.717) is 64.6 Å². The lowest BCUT2D eigenvalue weighted by Crippen LogP contribution is -2.36. The van der Waals surface area contributed by atoms with E-state index in [4.69, 9.17) is 4.99 Å². The number of rotatable bonds is 9. The molecule has 9 heteroatoms. The Bertz CT molecular complexity index is 1410. The van der Waals surface area contributed by atoms with Crippen molar-refractivity contribution in [2.24, 2.45) is 10.9 Å². The van der Waals surface area contributed by atoms with Crippen molar-refractivity contribution in [2.75, 3.05) is 13.1 Å². The number of likely N-dealkylation sites (tertiary alicyclic amines) is 1. The molecule has 2 aliphatic rings. The number of aliphatic hydroxyl groups is 1. The van der Waals surface area contributed by atoms with Gasteiger partial charge < -0.3 is 10.0 Å². The second kappa shape index (κ2) is 12.0. The molecule has 0 spiro atoms. The zero-order chi connectivity index (χ0) is 28.3. The van der Waals surface area contributed by atoms with Crippen LogP contribution in [0.1, 0.15) is 31.5 Å². The Balaban J connectivity index is 1.65. The highest BCUT2D eigenvalue weighted by Gasteiger charge is 2.34. The zero-order valence-corrected chi connectivity index (χ0v) is 23.5. The number of halogens is 2. The third-order valence-electron chi connectivity index (χ3n) is 6.81. The highest BCUT2D eigenvalue weighted by molar-refractivity contribution is 7.27. The summed E-state index contributed by atoms with van der Waals surface area (Å²) in [7, 11) is 2.50. The van der Waals surface area contributed by atoms with Crippen molar-refractivity contribution in [3.05, 3.63) is 120 Å². The fourth-order valence-electron chi connectivity index (χ4n) is 4.82. The van der Waals surface area contributed by atoms with E-state index in [-0.39, 0.29) is 30.0 Å². The Morgan fingerprint density at radius 3 is 2.72 bits per heavy atom. The minimum absolute atomic E-state index is 0.0401. The molecule has 0 radical (unpaired) electrons. The van der Waals surface area contributed by atoms with E-state index in [9.17, 15) is 13.9 Å². The number of benzene rings is 1. The van der Waals surface area contributed by atoms with Gasteiger partial charge in [0.1, 0.15) is 17.3 Å². The molecule has 0 saturated carbocycles. The summed E-state index contributed by atoms with van der Waals surface area (Å²) in [5.74, 6) is -0.345. The van der Waals surface area contributed by atoms with Crippen LogP contribution in [0.15, 0.2) is 108 Å². The monoisotopic (exact) mass is 549 g/mol. The van der Waals surface area contributed by atoms with Gasteiger partial charge in [-0.1, -0.05) is 25.8 Å². The standard InChI is InChI=1S/C30H34F2N5OP/c1-6-8-24(31)13-19(3)23-9-11-35(18-23)21(5)28-20(4)33-29(27-10-12-36(7-2)34-27)37(30(28)38)17-22-14-25(32)16-26(39)15-22/h6,8,10,12-16,23,38H,3-5,7,9,11,17-18,39H2,1-2H3/b8-6-,24-13+. The summed E-state index contributed by atoms with van der Waals surface area (Å²) in [6.07, 6.45) is 7.11. The lowest BCUT2D eigenvalue weighted by molar-refractivity contribution is 0.258. The molecule has 204 valence electrons. The van der Waals surface area contributed by atoms with Gasteiger partial charge in [-0.05, 0) is 73.1 Å². The number of aliphatic hydroxyl groups excluding tert-OH is 1. The lowest BCUT2D eigenvalue weighted by Gasteiger charge is -2.33. The molecular formula is C30H34F2N5OP. The van der Waals surface area contributed by atoms with Gasteiger partial charge in [-0.15, -0.1) is 9.24 Å². The average molecular weight is 550 g/mol. The lowest BCUT2D eigenvalue weighted by atomic mass is 9.99. The van der Waals surface area contributed by atoms with Crippen LogP contribution in [0.4, 0.5) is 8.78 Å². The molecule has 2 aromatic rings. The second-order valence-electron chi connectivity index (χ2n) is 9.60. The largest absolute Gasteiger partial charge is 0.494 e. The third kappa shape index (κ3) is 6.28. The number of aryl methyl sites for hydroxylation is 1. The summed E-state index contributed by atoms with van der Waals surface area (Å²) in [6, 6.07) is 6.50. The Morgan fingerprint density at radius 1 is 1.28 bits per heavy atom. The van der Waals surface area contributed by atoms with Crippen molar-refractivity contribution in [1.82, 2.24) is 19.6 Å². The SMILES string of the molecule is C=C1N=C(c2ccn(CC)n2)N(Cc2cc(F)cc(P)c2)C(O)=C1C(=C)N1CCC(C(=C)/C=C(F)\C=C/C)C1. The average Bonchev–Trinajstić information content (AvgIpc) is 3.55. The van der Waals surface area contributed by atoms with Gasteiger partial charge in [0, 0.05) is 37.4 Å². The Hall–Kier alpha value is -3.77. The summed E-state index contributed by atoms with van der Waals surface area (Å²) < 4.78 is 30.0. The van der Waals surface area contributed by atoms with Gasteiger partial charge in [0.15, 0.2) is 5.84 Å². The fourth-order valence-corrected chi connectivity index (χ4v) is 5.20. The predicted octanol–water partition coefficient (Wildman–Crippen LogP) is 5.91. The van der Waals surface area contributed by atoms with E-state index in [2.05, 4.69) is 34.1 Å². The smallest absolute Gasteiger partial charge is 0.204 e. The van der Waals surface area contributed by atoms with E-state index in [1.807, 2.05) is 30.2 Å². The van der Waals surface area contributed by atoms with E-state index < -0.39 is 0 Å². The van der Waals surface area contributed by atoms with Crippen molar-refractivity contribution in [1.29, 1.82) is 0 Å². The second-order valence-corrected chi connectivity index (χ2v) is 10.3. The van der Waals surface area contributed by atoms with Crippen LogP contribution in [-0.2, 0) is 13.1 Å². The van der Waals surface area contributed by atoms with E-state index >= 15 is 0 Å². The first kappa shape index (κ1) is 28.2. The highest BCUT2D eigenvalue weighted by Crippen LogP contribution is 2.36. The minimum atomic E-state index is -0.371. The molecule has 1 N–H and O–H groups in total. The number of amidine groups is 1. The van der Waals surface area contributed by atoms with Crippen molar-refractivity contribution in [3.63, 3.8) is 0 Å². The van der Waals surface area contributed by atoms with Gasteiger partial charge in [0.05, 0.1) is 17.8 Å². The van der Waals surface area contributed by atoms with Crippen LogP contribution in [-0.4, -0.2) is 43.6 Å². The minimum Gasteiger partial charge on any atom is -0.494 e. The first-order chi connectivity index (χ1) is 18.6. The zero-order valence-electron chi connectivity index (χ0n) is 22.4. The van der Waals surface area contributed by atoms with Crippen LogP contribution in [0.25, 0.3) is 0 Å². The molecule has 3 heterocycles. The number of hydrogen-bond acceptors (Lipinski definition) is 5. The third-order valence-corrected chi connectivity index (χ3v) is 7.14. The molecule has 2 atom stereocenters. The Morgan fingerprint density at radius 2 is 2.05 bits per heavy atom. The van der Waals surface area contributed by atoms with Crippen molar-refractivity contribution in [2.45, 2.75) is 33.4 Å². The van der Waals surface area contributed by atoms with Crippen LogP contribution in [0.3, 0.4) is 0 Å². The predicted molar refractivity (Wildman–Crippen MR) is 156 cm³/mol. The topological polar surface area (TPSA) is 56.9 Å². The first-order valence-corrected chi connectivity index (χ1v) is 13.4. The maximum absolute atomic E-state index is 14.2. The van der Waals surface area contributed by atoms with Gasteiger partial charge in [0.25, 0.3) is 0 Å². The highest BCUT2D eigenvalue weighted by atomic mass is 31.0. The molecule has 1 saturated heterocycles. The molecule has 2 aliphatic heterocycles. The molecule has 0 bridgehead atoms. The number of nitrogens with zero attached hydrogens (tertiary/aromatic N) is 5. The quantitative estimate of drug-likeness (QED) is 0.312. The molecule has 2 unspecified atom stereocenters. The molecular weight excluding hydrogens is 515 g/mol. The Labute approximate surface area is 230 Å². The van der Waals surface area contributed by atoms with Crippen molar-refractivity contribution < 1.29 is 13.9 Å². The maximum Gasteiger partial charge on any atom is 0.204 e. The fraction of sp³-hybridized carbons (Fsp3) is 0.267. The summed E-state index contributed by atoms with van der Waals surface area (Å²) in [5.41, 5.74) is 3.22. The molecule has 1 aromatic carbocycles. The van der Waals surface area contributed by atoms with Crippen molar-refractivity contribution in [3.8, 4) is 0 Å². The van der Waals surface area contributed by atoms with Gasteiger partial charge in [-0.25, -0.2) is 13.8 Å². The van der Waals surface area contributed by atoms with Crippen LogP contribution >= 0.6 is 9.24 Å². The van der Waals surface area contributed by atoms with E-state index in [1.165, 1.54) is 24.3 Å². The van der Waals surface area contributed by atoms with E-state index in [0.717, 1.165) is 6.42 Å². The van der Waals surface area contributed by atoms with Gasteiger partial charge >= 0.3 is 0 Å². The summed E-state index contributed by atoms with van der Waals surface area (Å²) in [4.78, 5) is 8.38. The molecule has 4 rings (SSSR count). The molecule has 1 aromatic heterocycles. The van der Waals surface area contributed by atoms with Crippen molar-refractivity contribution >= 4 is 20.4 Å². The number of aromatic nitrogens is 2. The summed E-state index contributed by atoms with van der Waals surface area (Å²) in [5, 5.41) is 16.9. The first-order valence-electron chi connectivity index (χ1n) is 12.8. The van der Waals surface area contributed by atoms with Crippen LogP contribution in [0.2, 0.25) is 0 Å². The molecule has 1 fully saturated rings. The summed E-state index contributed by atoms with van der Waals surface area (Å²) >= 11 is 0. The van der Waals surface area contributed by atoms with Crippen LogP contribution in [0.5, 0.6) is 0 Å². The maximum atomic E-state index is 14.2. The van der Waals surface area contributed by atoms with E-state index in [1.54, 1.807) is 22.6 Å².